The molecule has 9 nitrogen and oxygen atoms in total. The Kier molecular flexibility index (Phi) is 4.92. The highest BCUT2D eigenvalue weighted by Crippen LogP contribution is 2.32. The molecule has 0 saturated carbocycles. The van der Waals surface area contributed by atoms with Gasteiger partial charge in [0, 0.05) is 19.1 Å². The van der Waals surface area contributed by atoms with Crippen molar-refractivity contribution in [3.63, 3.8) is 0 Å². The van der Waals surface area contributed by atoms with E-state index in [1.165, 1.54) is 0 Å². The van der Waals surface area contributed by atoms with Crippen molar-refractivity contribution in [2.24, 2.45) is 0 Å². The Balaban J connectivity index is 1.53. The average molecular weight is 407 g/mol. The second-order valence-electron chi connectivity index (χ2n) is 7.71. The molecule has 2 fully saturated rings. The molecule has 2 aliphatic rings. The number of likely N-dealkylation sites (N-methyl/N-ethyl adjacent to an activating group) is 1. The molecule has 4 rings (SSSR count). The summed E-state index contributed by atoms with van der Waals surface area (Å²) in [6, 6.07) is 3.54. The number of aromatic nitrogens is 2. The van der Waals surface area contributed by atoms with Crippen LogP contribution in [-0.4, -0.2) is 73.4 Å². The zero-order valence-corrected chi connectivity index (χ0v) is 16.6. The first-order valence-electron chi connectivity index (χ1n) is 9.52. The molecule has 0 aliphatic carbocycles. The average Bonchev–Trinajstić information content (AvgIpc) is 3.32. The van der Waals surface area contributed by atoms with Gasteiger partial charge in [-0.2, -0.15) is 0 Å². The summed E-state index contributed by atoms with van der Waals surface area (Å²) in [5, 5.41) is 2.96. The van der Waals surface area contributed by atoms with Crippen molar-refractivity contribution in [3.05, 3.63) is 22.6 Å². The van der Waals surface area contributed by atoms with Crippen LogP contribution < -0.4 is 15.9 Å². The van der Waals surface area contributed by atoms with E-state index in [-0.39, 0.29) is 35.7 Å². The van der Waals surface area contributed by atoms with Gasteiger partial charge < -0.3 is 20.2 Å². The monoisotopic (exact) mass is 407 g/mol. The molecule has 152 valence electrons. The third-order valence-electron chi connectivity index (χ3n) is 5.58. The van der Waals surface area contributed by atoms with Crippen LogP contribution in [0.3, 0.4) is 0 Å². The topological polar surface area (TPSA) is 118 Å². The molecule has 0 bridgehead atoms. The molecular weight excluding hydrogens is 382 g/mol. The molecule has 2 aliphatic heterocycles. The molecular formula is C18H25N5O4S. The summed E-state index contributed by atoms with van der Waals surface area (Å²) < 4.78 is 23.4. The molecule has 28 heavy (non-hydrogen) atoms. The highest BCUT2D eigenvalue weighted by atomic mass is 32.2. The van der Waals surface area contributed by atoms with Gasteiger partial charge in [-0.3, -0.25) is 9.69 Å². The first-order chi connectivity index (χ1) is 13.3. The predicted octanol–water partition coefficient (Wildman–Crippen LogP) is 0.514. The number of fused-ring (bicyclic) bond motifs is 1. The van der Waals surface area contributed by atoms with Crippen LogP contribution in [0, 0.1) is 0 Å². The van der Waals surface area contributed by atoms with Gasteiger partial charge in [0.2, 0.25) is 5.91 Å². The van der Waals surface area contributed by atoms with Crippen molar-refractivity contribution in [3.8, 4) is 0 Å². The number of carbonyl (C=O) groups is 1. The van der Waals surface area contributed by atoms with E-state index in [4.69, 9.17) is 0 Å². The Morgan fingerprint density at radius 3 is 2.57 bits per heavy atom. The summed E-state index contributed by atoms with van der Waals surface area (Å²) in [4.78, 5) is 33.8. The Hall–Kier alpha value is -2.33. The number of aromatic amines is 2. The number of H-pyrrole nitrogens is 2. The number of anilines is 2. The molecule has 1 atom stereocenters. The summed E-state index contributed by atoms with van der Waals surface area (Å²) in [6.07, 6.45) is 2.74. The van der Waals surface area contributed by atoms with Crippen molar-refractivity contribution >= 4 is 38.2 Å². The number of amides is 1. The number of hydrogen-bond donors (Lipinski definition) is 3. The van der Waals surface area contributed by atoms with E-state index in [9.17, 15) is 18.0 Å². The fraction of sp³-hybridized carbons (Fsp3) is 0.556. The third kappa shape index (κ3) is 3.93. The Morgan fingerprint density at radius 1 is 1.25 bits per heavy atom. The summed E-state index contributed by atoms with van der Waals surface area (Å²) >= 11 is 0. The smallest absolute Gasteiger partial charge is 0.323 e. The van der Waals surface area contributed by atoms with Crippen LogP contribution in [0.4, 0.5) is 11.4 Å². The molecule has 1 unspecified atom stereocenters. The Morgan fingerprint density at radius 2 is 1.93 bits per heavy atom. The minimum absolute atomic E-state index is 0.104. The summed E-state index contributed by atoms with van der Waals surface area (Å²) in [7, 11) is -1.22. The van der Waals surface area contributed by atoms with Crippen molar-refractivity contribution in [2.45, 2.75) is 25.3 Å². The largest absolute Gasteiger partial charge is 0.370 e. The first kappa shape index (κ1) is 19.0. The van der Waals surface area contributed by atoms with Crippen LogP contribution in [0.25, 0.3) is 11.0 Å². The fourth-order valence-corrected chi connectivity index (χ4v) is 5.86. The van der Waals surface area contributed by atoms with Crippen molar-refractivity contribution in [1.29, 1.82) is 0 Å². The zero-order valence-electron chi connectivity index (χ0n) is 15.8. The first-order valence-corrected chi connectivity index (χ1v) is 11.3. The number of rotatable bonds is 5. The summed E-state index contributed by atoms with van der Waals surface area (Å²) in [5.41, 5.74) is 2.60. The Bertz CT molecular complexity index is 1050. The molecule has 0 radical (unpaired) electrons. The number of sulfone groups is 1. The summed E-state index contributed by atoms with van der Waals surface area (Å²) in [5.74, 6) is 0.0801. The number of nitrogens with one attached hydrogen (secondary N) is 3. The maximum absolute atomic E-state index is 12.6. The van der Waals surface area contributed by atoms with Crippen LogP contribution in [0.5, 0.6) is 0 Å². The van der Waals surface area contributed by atoms with Crippen molar-refractivity contribution < 1.29 is 13.2 Å². The van der Waals surface area contributed by atoms with Gasteiger partial charge in [0.15, 0.2) is 9.84 Å². The van der Waals surface area contributed by atoms with Gasteiger partial charge in [-0.1, -0.05) is 0 Å². The molecule has 0 spiro atoms. The lowest BCUT2D eigenvalue weighted by Gasteiger charge is -2.24. The molecule has 10 heteroatoms. The highest BCUT2D eigenvalue weighted by Gasteiger charge is 2.31. The number of imidazole rings is 1. The third-order valence-corrected chi connectivity index (χ3v) is 7.33. The van der Waals surface area contributed by atoms with Gasteiger partial charge in [0.25, 0.3) is 0 Å². The van der Waals surface area contributed by atoms with Crippen molar-refractivity contribution in [1.82, 2.24) is 14.9 Å². The normalized spacial score (nSPS) is 21.6. The van der Waals surface area contributed by atoms with E-state index in [1.54, 1.807) is 18.0 Å². The predicted molar refractivity (Wildman–Crippen MR) is 109 cm³/mol. The van der Waals surface area contributed by atoms with Crippen LogP contribution >= 0.6 is 0 Å². The minimum atomic E-state index is -2.99. The lowest BCUT2D eigenvalue weighted by Crippen LogP contribution is -2.38. The van der Waals surface area contributed by atoms with E-state index in [1.807, 2.05) is 6.07 Å². The van der Waals surface area contributed by atoms with Gasteiger partial charge in [-0.05, 0) is 38.4 Å². The molecule has 3 heterocycles. The van der Waals surface area contributed by atoms with Gasteiger partial charge >= 0.3 is 5.69 Å². The molecule has 1 aromatic heterocycles. The lowest BCUT2D eigenvalue weighted by molar-refractivity contribution is -0.117. The Labute approximate surface area is 163 Å². The highest BCUT2D eigenvalue weighted by molar-refractivity contribution is 7.91. The maximum atomic E-state index is 12.6. The van der Waals surface area contributed by atoms with Crippen LogP contribution in [0.15, 0.2) is 16.9 Å². The second kappa shape index (κ2) is 7.25. The number of benzene rings is 1. The van der Waals surface area contributed by atoms with Gasteiger partial charge in [0.05, 0.1) is 40.5 Å². The quantitative estimate of drug-likeness (QED) is 0.665. The van der Waals surface area contributed by atoms with Gasteiger partial charge in [-0.25, -0.2) is 13.2 Å². The summed E-state index contributed by atoms with van der Waals surface area (Å²) in [6.45, 7) is 1.92. The standard InChI is InChI=1S/C18H25N5O4S/c1-22(12-4-7-28(26,27)11-12)10-17(24)19-15-8-13-14(21-18(25)20-13)9-16(15)23-5-2-3-6-23/h8-9,12H,2-7,10-11H2,1H3,(H,19,24)(H2,20,21,25). The van der Waals surface area contributed by atoms with Crippen molar-refractivity contribution in [2.75, 3.05) is 48.4 Å². The number of nitrogens with zero attached hydrogens (tertiary/aromatic N) is 2. The van der Waals surface area contributed by atoms with Crippen LogP contribution in [0.1, 0.15) is 19.3 Å². The molecule has 1 aromatic carbocycles. The number of hydrogen-bond acceptors (Lipinski definition) is 6. The fourth-order valence-electron chi connectivity index (χ4n) is 4.06. The SMILES string of the molecule is CN(CC(=O)Nc1cc2[nH]c(=O)[nH]c2cc1N1CCCC1)C1CCS(=O)(=O)C1. The van der Waals surface area contributed by atoms with E-state index in [0.29, 0.717) is 23.1 Å². The minimum Gasteiger partial charge on any atom is -0.370 e. The second-order valence-corrected chi connectivity index (χ2v) is 9.94. The van der Waals surface area contributed by atoms with Crippen LogP contribution in [-0.2, 0) is 14.6 Å². The van der Waals surface area contributed by atoms with E-state index in [2.05, 4.69) is 20.2 Å². The zero-order chi connectivity index (χ0) is 19.9. The molecule has 2 aromatic rings. The maximum Gasteiger partial charge on any atom is 0.323 e. The van der Waals surface area contributed by atoms with Gasteiger partial charge in [-0.15, -0.1) is 0 Å². The molecule has 3 N–H and O–H groups in total. The van der Waals surface area contributed by atoms with Gasteiger partial charge in [0.1, 0.15) is 0 Å². The lowest BCUT2D eigenvalue weighted by atomic mass is 10.2. The molecule has 2 saturated heterocycles. The molecule has 1 amide bonds. The van der Waals surface area contributed by atoms with E-state index >= 15 is 0 Å². The number of carbonyl (C=O) groups excluding carboxylic acids is 1. The van der Waals surface area contributed by atoms with Crippen LogP contribution in [0.2, 0.25) is 0 Å². The van der Waals surface area contributed by atoms with E-state index in [0.717, 1.165) is 31.6 Å². The van der Waals surface area contributed by atoms with E-state index < -0.39 is 9.84 Å².